The highest BCUT2D eigenvalue weighted by atomic mass is 32.1. The van der Waals surface area contributed by atoms with Gasteiger partial charge in [0.05, 0.1) is 0 Å². The smallest absolute Gasteiger partial charge is 0.0331 e. The zero-order valence-electron chi connectivity index (χ0n) is 12.1. The molecule has 0 spiro atoms. The van der Waals surface area contributed by atoms with Crippen molar-refractivity contribution in [2.45, 2.75) is 33.0 Å². The summed E-state index contributed by atoms with van der Waals surface area (Å²) in [6, 6.07) is 11.2. The van der Waals surface area contributed by atoms with Crippen LogP contribution in [-0.2, 0) is 26.1 Å². The Labute approximate surface area is 125 Å². The summed E-state index contributed by atoms with van der Waals surface area (Å²) in [5, 5.41) is 5.63. The predicted octanol–water partition coefficient (Wildman–Crippen LogP) is 3.42. The van der Waals surface area contributed by atoms with E-state index < -0.39 is 0 Å². The number of rotatable bonds is 5. The predicted molar refractivity (Wildman–Crippen MR) is 86.0 cm³/mol. The van der Waals surface area contributed by atoms with Crippen molar-refractivity contribution >= 4 is 11.3 Å². The van der Waals surface area contributed by atoms with Crippen LogP contribution in [0.1, 0.15) is 28.5 Å². The monoisotopic (exact) mass is 286 g/mol. The van der Waals surface area contributed by atoms with E-state index in [1.54, 1.807) is 5.56 Å². The van der Waals surface area contributed by atoms with E-state index in [0.717, 1.165) is 32.7 Å². The van der Waals surface area contributed by atoms with Crippen LogP contribution in [0.4, 0.5) is 0 Å². The lowest BCUT2D eigenvalue weighted by atomic mass is 9.95. The van der Waals surface area contributed by atoms with E-state index in [0.29, 0.717) is 0 Å². The fourth-order valence-electron chi connectivity index (χ4n) is 2.90. The van der Waals surface area contributed by atoms with Gasteiger partial charge in [-0.25, -0.2) is 0 Å². The third-order valence-corrected chi connectivity index (χ3v) is 4.90. The van der Waals surface area contributed by atoms with Crippen LogP contribution in [0.25, 0.3) is 0 Å². The highest BCUT2D eigenvalue weighted by Crippen LogP contribution is 2.21. The van der Waals surface area contributed by atoms with E-state index in [9.17, 15) is 0 Å². The highest BCUT2D eigenvalue weighted by Gasteiger charge is 2.14. The van der Waals surface area contributed by atoms with E-state index in [4.69, 9.17) is 0 Å². The molecule has 3 heteroatoms. The fourth-order valence-corrected chi connectivity index (χ4v) is 3.65. The van der Waals surface area contributed by atoms with Gasteiger partial charge in [0.15, 0.2) is 0 Å². The Bertz CT molecular complexity index is 548. The van der Waals surface area contributed by atoms with E-state index >= 15 is 0 Å². The normalized spacial score (nSPS) is 14.5. The molecule has 20 heavy (non-hydrogen) atoms. The number of fused-ring (bicyclic) bond motifs is 1. The lowest BCUT2D eigenvalue weighted by Gasteiger charge is -2.25. The van der Waals surface area contributed by atoms with E-state index in [1.807, 2.05) is 11.3 Å². The average molecular weight is 286 g/mol. The summed E-state index contributed by atoms with van der Waals surface area (Å²) in [5.74, 6) is 0. The number of hydrogen-bond donors (Lipinski definition) is 1. The second-order valence-electron chi connectivity index (χ2n) is 5.36. The van der Waals surface area contributed by atoms with Gasteiger partial charge in [-0.1, -0.05) is 31.2 Å². The minimum atomic E-state index is 1.03. The Morgan fingerprint density at radius 3 is 2.95 bits per heavy atom. The zero-order chi connectivity index (χ0) is 13.8. The standard InChI is InChI=1S/C17H22N2S/c1-2-19(13-16-7-4-10-20-16)12-15-6-3-5-14-11-18-9-8-17(14)15/h3-7,10,18H,2,8-9,11-13H2,1H3. The summed E-state index contributed by atoms with van der Waals surface area (Å²) in [4.78, 5) is 3.99. The third kappa shape index (κ3) is 3.11. The molecule has 0 radical (unpaired) electrons. The molecule has 1 aromatic carbocycles. The van der Waals surface area contributed by atoms with E-state index in [1.165, 1.54) is 22.4 Å². The first-order valence-corrected chi connectivity index (χ1v) is 8.30. The molecule has 0 aliphatic carbocycles. The van der Waals surface area contributed by atoms with Crippen molar-refractivity contribution < 1.29 is 0 Å². The van der Waals surface area contributed by atoms with Gasteiger partial charge in [0.2, 0.25) is 0 Å². The number of thiophene rings is 1. The molecule has 0 saturated carbocycles. The van der Waals surface area contributed by atoms with Crippen molar-refractivity contribution in [3.8, 4) is 0 Å². The molecule has 0 unspecified atom stereocenters. The Kier molecular flexibility index (Phi) is 4.51. The van der Waals surface area contributed by atoms with Crippen LogP contribution in [0.5, 0.6) is 0 Å². The van der Waals surface area contributed by atoms with Crippen LogP contribution in [0.2, 0.25) is 0 Å². The van der Waals surface area contributed by atoms with Crippen LogP contribution in [0.15, 0.2) is 35.7 Å². The van der Waals surface area contributed by atoms with Crippen molar-refractivity contribution in [2.75, 3.05) is 13.1 Å². The zero-order valence-corrected chi connectivity index (χ0v) is 12.9. The van der Waals surface area contributed by atoms with Crippen molar-refractivity contribution in [2.24, 2.45) is 0 Å². The maximum absolute atomic E-state index is 3.46. The van der Waals surface area contributed by atoms with Gasteiger partial charge in [0.1, 0.15) is 0 Å². The molecule has 0 amide bonds. The van der Waals surface area contributed by atoms with Gasteiger partial charge in [-0.2, -0.15) is 0 Å². The van der Waals surface area contributed by atoms with Gasteiger partial charge < -0.3 is 5.32 Å². The number of nitrogens with zero attached hydrogens (tertiary/aromatic N) is 1. The Balaban J connectivity index is 1.75. The maximum Gasteiger partial charge on any atom is 0.0331 e. The molecule has 106 valence electrons. The molecule has 2 heterocycles. The van der Waals surface area contributed by atoms with Crippen molar-refractivity contribution in [1.82, 2.24) is 10.2 Å². The number of benzene rings is 1. The summed E-state index contributed by atoms with van der Waals surface area (Å²) >= 11 is 1.85. The topological polar surface area (TPSA) is 15.3 Å². The molecule has 0 saturated heterocycles. The van der Waals surface area contributed by atoms with Gasteiger partial charge in [0, 0.05) is 24.5 Å². The van der Waals surface area contributed by atoms with Gasteiger partial charge in [-0.05, 0) is 47.6 Å². The van der Waals surface area contributed by atoms with E-state index in [2.05, 4.69) is 52.9 Å². The van der Waals surface area contributed by atoms with Crippen LogP contribution >= 0.6 is 11.3 Å². The maximum atomic E-state index is 3.46. The minimum absolute atomic E-state index is 1.03. The summed E-state index contributed by atoms with van der Waals surface area (Å²) in [6.07, 6.45) is 1.17. The lowest BCUT2D eigenvalue weighted by molar-refractivity contribution is 0.272. The molecule has 1 aliphatic heterocycles. The Morgan fingerprint density at radius 1 is 1.20 bits per heavy atom. The Morgan fingerprint density at radius 2 is 2.15 bits per heavy atom. The molecule has 1 N–H and O–H groups in total. The minimum Gasteiger partial charge on any atom is -0.312 e. The van der Waals surface area contributed by atoms with E-state index in [-0.39, 0.29) is 0 Å². The first kappa shape index (κ1) is 13.8. The van der Waals surface area contributed by atoms with Crippen molar-refractivity contribution in [3.63, 3.8) is 0 Å². The molecule has 1 aromatic heterocycles. The number of hydrogen-bond acceptors (Lipinski definition) is 3. The summed E-state index contributed by atoms with van der Waals surface area (Å²) in [6.45, 7) is 7.62. The second-order valence-corrected chi connectivity index (χ2v) is 6.40. The SMILES string of the molecule is CCN(Cc1cccs1)Cc1cccc2c1CCNC2. The molecule has 2 nitrogen and oxygen atoms in total. The quantitative estimate of drug-likeness (QED) is 0.906. The molecule has 3 rings (SSSR count). The molecule has 0 atom stereocenters. The van der Waals surface area contributed by atoms with Crippen molar-refractivity contribution in [3.05, 3.63) is 57.3 Å². The molecular weight excluding hydrogens is 264 g/mol. The van der Waals surface area contributed by atoms with Gasteiger partial charge >= 0.3 is 0 Å². The van der Waals surface area contributed by atoms with Gasteiger partial charge in [-0.15, -0.1) is 11.3 Å². The fraction of sp³-hybridized carbons (Fsp3) is 0.412. The van der Waals surface area contributed by atoms with Gasteiger partial charge in [0.25, 0.3) is 0 Å². The van der Waals surface area contributed by atoms with Crippen LogP contribution in [0.3, 0.4) is 0 Å². The third-order valence-electron chi connectivity index (χ3n) is 4.04. The molecular formula is C17H22N2S. The molecule has 2 aromatic rings. The molecule has 0 bridgehead atoms. The molecule has 0 fully saturated rings. The van der Waals surface area contributed by atoms with Crippen molar-refractivity contribution in [1.29, 1.82) is 0 Å². The summed E-state index contributed by atoms with van der Waals surface area (Å²) in [7, 11) is 0. The molecule has 1 aliphatic rings. The summed E-state index contributed by atoms with van der Waals surface area (Å²) in [5.41, 5.74) is 4.58. The van der Waals surface area contributed by atoms with Gasteiger partial charge in [-0.3, -0.25) is 4.90 Å². The van der Waals surface area contributed by atoms with Crippen LogP contribution in [-0.4, -0.2) is 18.0 Å². The lowest BCUT2D eigenvalue weighted by Crippen LogP contribution is -2.27. The largest absolute Gasteiger partial charge is 0.312 e. The van der Waals surface area contributed by atoms with Crippen LogP contribution in [0, 0.1) is 0 Å². The second kappa shape index (κ2) is 6.53. The summed E-state index contributed by atoms with van der Waals surface area (Å²) < 4.78 is 0. The first-order chi connectivity index (χ1) is 9.86. The number of nitrogens with one attached hydrogen (secondary N) is 1. The average Bonchev–Trinajstić information content (AvgIpc) is 3.00. The van der Waals surface area contributed by atoms with Crippen LogP contribution < -0.4 is 5.32 Å². The first-order valence-electron chi connectivity index (χ1n) is 7.42. The Hall–Kier alpha value is -1.16. The highest BCUT2D eigenvalue weighted by molar-refractivity contribution is 7.09.